The van der Waals surface area contributed by atoms with Gasteiger partial charge in [0, 0.05) is 17.7 Å². The van der Waals surface area contributed by atoms with Crippen molar-refractivity contribution in [3.8, 4) is 0 Å². The van der Waals surface area contributed by atoms with E-state index < -0.39 is 8.32 Å². The van der Waals surface area contributed by atoms with Crippen molar-refractivity contribution < 1.29 is 14.0 Å². The fourth-order valence-corrected chi connectivity index (χ4v) is 3.09. The molecule has 112 valence electrons. The van der Waals surface area contributed by atoms with Gasteiger partial charge in [0.05, 0.1) is 12.7 Å². The molecule has 1 rings (SSSR count). The van der Waals surface area contributed by atoms with Crippen molar-refractivity contribution >= 4 is 20.0 Å². The Morgan fingerprint density at radius 1 is 1.30 bits per heavy atom. The second-order valence-corrected chi connectivity index (χ2v) is 10.2. The zero-order chi connectivity index (χ0) is 15.2. The Morgan fingerprint density at radius 2 is 1.95 bits per heavy atom. The van der Waals surface area contributed by atoms with E-state index >= 15 is 0 Å². The Kier molecular flexibility index (Phi) is 6.23. The second kappa shape index (κ2) is 7.45. The van der Waals surface area contributed by atoms with Gasteiger partial charge in [0.25, 0.3) is 0 Å². The van der Waals surface area contributed by atoms with Crippen LogP contribution in [0.1, 0.15) is 31.4 Å². The van der Waals surface area contributed by atoms with E-state index in [1.807, 2.05) is 31.2 Å². The van der Waals surface area contributed by atoms with Gasteiger partial charge in [0.15, 0.2) is 8.32 Å². The van der Waals surface area contributed by atoms with E-state index in [0.29, 0.717) is 25.1 Å². The molecule has 0 fully saturated rings. The van der Waals surface area contributed by atoms with Crippen LogP contribution in [0.15, 0.2) is 24.3 Å². The van der Waals surface area contributed by atoms with Gasteiger partial charge in [-0.05, 0) is 39.1 Å². The lowest BCUT2D eigenvalue weighted by Crippen LogP contribution is -2.28. The average Bonchev–Trinajstić information content (AvgIpc) is 2.34. The number of hydrogen-bond acceptors (Lipinski definition) is 4. The SMILES string of the molecule is CCOC(=O)CC[C@H](O[Si](C)(C)C)c1ccccc1N. The number of ether oxygens (including phenoxy) is 1. The van der Waals surface area contributed by atoms with Gasteiger partial charge < -0.3 is 14.9 Å². The van der Waals surface area contributed by atoms with Crippen LogP contribution in [0, 0.1) is 0 Å². The monoisotopic (exact) mass is 295 g/mol. The topological polar surface area (TPSA) is 61.5 Å². The first-order valence-corrected chi connectivity index (χ1v) is 10.4. The van der Waals surface area contributed by atoms with E-state index in [1.165, 1.54) is 0 Å². The summed E-state index contributed by atoms with van der Waals surface area (Å²) in [5.41, 5.74) is 7.69. The van der Waals surface area contributed by atoms with E-state index in [2.05, 4.69) is 19.6 Å². The third-order valence-corrected chi connectivity index (χ3v) is 3.75. The maximum absolute atomic E-state index is 11.5. The molecule has 0 aliphatic heterocycles. The summed E-state index contributed by atoms with van der Waals surface area (Å²) < 4.78 is 11.2. The van der Waals surface area contributed by atoms with Crippen LogP contribution < -0.4 is 5.73 Å². The van der Waals surface area contributed by atoms with Crippen LogP contribution in [0.5, 0.6) is 0 Å². The molecule has 0 spiro atoms. The lowest BCUT2D eigenvalue weighted by Gasteiger charge is -2.27. The standard InChI is InChI=1S/C15H25NO3Si/c1-5-18-15(17)11-10-14(19-20(2,3)4)12-8-6-7-9-13(12)16/h6-9,14H,5,10-11,16H2,1-4H3/t14-/m0/s1. The molecule has 0 amide bonds. The molecular formula is C15H25NO3Si. The molecule has 4 nitrogen and oxygen atoms in total. The third-order valence-electron chi connectivity index (χ3n) is 2.75. The molecule has 0 aliphatic carbocycles. The fraction of sp³-hybridized carbons (Fsp3) is 0.533. The molecule has 0 bridgehead atoms. The summed E-state index contributed by atoms with van der Waals surface area (Å²) in [5.74, 6) is -0.189. The fourth-order valence-electron chi connectivity index (χ4n) is 1.99. The molecule has 1 aromatic carbocycles. The van der Waals surface area contributed by atoms with Crippen molar-refractivity contribution in [2.45, 2.75) is 45.5 Å². The summed E-state index contributed by atoms with van der Waals surface area (Å²) in [6.07, 6.45) is 0.793. The van der Waals surface area contributed by atoms with Crippen molar-refractivity contribution in [3.63, 3.8) is 0 Å². The summed E-state index contributed by atoms with van der Waals surface area (Å²) in [7, 11) is -1.72. The van der Waals surface area contributed by atoms with E-state index in [-0.39, 0.29) is 12.1 Å². The van der Waals surface area contributed by atoms with Gasteiger partial charge in [-0.1, -0.05) is 18.2 Å². The molecule has 2 N–H and O–H groups in total. The van der Waals surface area contributed by atoms with Crippen molar-refractivity contribution in [2.75, 3.05) is 12.3 Å². The highest BCUT2D eigenvalue weighted by Gasteiger charge is 2.24. The van der Waals surface area contributed by atoms with Gasteiger partial charge in [0.2, 0.25) is 0 Å². The maximum atomic E-state index is 11.5. The molecule has 0 saturated carbocycles. The van der Waals surface area contributed by atoms with Crippen LogP contribution in [0.4, 0.5) is 5.69 Å². The lowest BCUT2D eigenvalue weighted by molar-refractivity contribution is -0.143. The number of rotatable bonds is 7. The van der Waals surface area contributed by atoms with Crippen LogP contribution in [-0.4, -0.2) is 20.9 Å². The number of nitrogens with two attached hydrogens (primary N) is 1. The number of nitrogen functional groups attached to an aromatic ring is 1. The number of anilines is 1. The Morgan fingerprint density at radius 3 is 2.50 bits per heavy atom. The minimum Gasteiger partial charge on any atom is -0.466 e. The first kappa shape index (κ1) is 16.7. The second-order valence-electron chi connectivity index (χ2n) is 5.69. The van der Waals surface area contributed by atoms with Crippen LogP contribution >= 0.6 is 0 Å². The predicted octanol–water partition coefficient (Wildman–Crippen LogP) is 3.50. The Hall–Kier alpha value is -1.33. The molecule has 1 atom stereocenters. The first-order chi connectivity index (χ1) is 9.33. The summed E-state index contributed by atoms with van der Waals surface area (Å²) in [5, 5.41) is 0. The minimum absolute atomic E-state index is 0.146. The molecule has 0 saturated heterocycles. The van der Waals surface area contributed by atoms with E-state index in [4.69, 9.17) is 14.9 Å². The van der Waals surface area contributed by atoms with Crippen molar-refractivity contribution in [1.29, 1.82) is 0 Å². The highest BCUT2D eigenvalue weighted by molar-refractivity contribution is 6.69. The normalized spacial score (nSPS) is 13.0. The summed E-state index contributed by atoms with van der Waals surface area (Å²) in [4.78, 5) is 11.5. The summed E-state index contributed by atoms with van der Waals surface area (Å²) in [6, 6.07) is 7.66. The third kappa shape index (κ3) is 5.75. The molecule has 5 heteroatoms. The molecule has 0 heterocycles. The molecule has 0 radical (unpaired) electrons. The number of esters is 1. The molecular weight excluding hydrogens is 270 g/mol. The van der Waals surface area contributed by atoms with Crippen molar-refractivity contribution in [3.05, 3.63) is 29.8 Å². The van der Waals surface area contributed by atoms with Crippen molar-refractivity contribution in [2.24, 2.45) is 0 Å². The maximum Gasteiger partial charge on any atom is 0.305 e. The quantitative estimate of drug-likeness (QED) is 0.475. The van der Waals surface area contributed by atoms with Gasteiger partial charge in [0.1, 0.15) is 0 Å². The zero-order valence-corrected chi connectivity index (χ0v) is 13.8. The largest absolute Gasteiger partial charge is 0.466 e. The molecule has 0 aliphatic rings. The lowest BCUT2D eigenvalue weighted by atomic mass is 10.0. The Balaban J connectivity index is 2.81. The summed E-state index contributed by atoms with van der Waals surface area (Å²) in [6.45, 7) is 8.60. The average molecular weight is 295 g/mol. The summed E-state index contributed by atoms with van der Waals surface area (Å²) >= 11 is 0. The van der Waals surface area contributed by atoms with E-state index in [9.17, 15) is 4.79 Å². The van der Waals surface area contributed by atoms with Crippen molar-refractivity contribution in [1.82, 2.24) is 0 Å². The van der Waals surface area contributed by atoms with Crippen LogP contribution in [0.2, 0.25) is 19.6 Å². The molecule has 1 aromatic rings. The van der Waals surface area contributed by atoms with Crippen LogP contribution in [-0.2, 0) is 14.0 Å². The Labute approximate surface area is 122 Å². The van der Waals surface area contributed by atoms with Crippen LogP contribution in [0.25, 0.3) is 0 Å². The first-order valence-electron chi connectivity index (χ1n) is 7.01. The van der Waals surface area contributed by atoms with E-state index in [1.54, 1.807) is 0 Å². The van der Waals surface area contributed by atoms with E-state index in [0.717, 1.165) is 5.56 Å². The van der Waals surface area contributed by atoms with Gasteiger partial charge in [-0.2, -0.15) is 0 Å². The smallest absolute Gasteiger partial charge is 0.305 e. The van der Waals surface area contributed by atoms with Gasteiger partial charge in [-0.25, -0.2) is 0 Å². The number of hydrogen-bond donors (Lipinski definition) is 1. The van der Waals surface area contributed by atoms with Gasteiger partial charge in [-0.3, -0.25) is 4.79 Å². The molecule has 0 unspecified atom stereocenters. The predicted molar refractivity (Wildman–Crippen MR) is 83.9 cm³/mol. The molecule has 0 aromatic heterocycles. The number of para-hydroxylation sites is 1. The molecule has 20 heavy (non-hydrogen) atoms. The van der Waals surface area contributed by atoms with Crippen LogP contribution in [0.3, 0.4) is 0 Å². The van der Waals surface area contributed by atoms with Gasteiger partial charge >= 0.3 is 5.97 Å². The number of benzene rings is 1. The highest BCUT2D eigenvalue weighted by Crippen LogP contribution is 2.30. The zero-order valence-electron chi connectivity index (χ0n) is 12.8. The number of carbonyl (C=O) groups is 1. The van der Waals surface area contributed by atoms with Gasteiger partial charge in [-0.15, -0.1) is 0 Å². The minimum atomic E-state index is -1.72. The highest BCUT2D eigenvalue weighted by atomic mass is 28.4. The Bertz CT molecular complexity index is 443. The number of carbonyl (C=O) groups excluding carboxylic acids is 1.